The van der Waals surface area contributed by atoms with Gasteiger partial charge in [0.15, 0.2) is 0 Å². The van der Waals surface area contributed by atoms with Gasteiger partial charge in [-0.15, -0.1) is 0 Å². The number of fused-ring (bicyclic) bond motifs is 1. The van der Waals surface area contributed by atoms with Crippen molar-refractivity contribution in [3.63, 3.8) is 0 Å². The van der Waals surface area contributed by atoms with Crippen molar-refractivity contribution in [3.8, 4) is 5.75 Å². The van der Waals surface area contributed by atoms with Crippen molar-refractivity contribution in [3.05, 3.63) is 53.1 Å². The second-order valence-electron chi connectivity index (χ2n) is 7.02. The van der Waals surface area contributed by atoms with Crippen LogP contribution in [0, 0.1) is 0 Å². The number of rotatable bonds is 6. The van der Waals surface area contributed by atoms with E-state index >= 15 is 0 Å². The van der Waals surface area contributed by atoms with Gasteiger partial charge in [-0.2, -0.15) is 4.31 Å². The van der Waals surface area contributed by atoms with Crippen LogP contribution in [0.2, 0.25) is 5.02 Å². The lowest BCUT2D eigenvalue weighted by Crippen LogP contribution is -2.49. The van der Waals surface area contributed by atoms with Crippen molar-refractivity contribution in [2.75, 3.05) is 44.6 Å². The zero-order chi connectivity index (χ0) is 21.3. The number of para-hydroxylation sites is 1. The van der Waals surface area contributed by atoms with E-state index in [1.54, 1.807) is 12.1 Å². The molecule has 1 fully saturated rings. The topological polar surface area (TPSA) is 96.0 Å². The lowest BCUT2D eigenvalue weighted by atomic mass is 10.1. The van der Waals surface area contributed by atoms with Crippen molar-refractivity contribution in [2.45, 2.75) is 4.90 Å². The molecule has 0 unspecified atom stereocenters. The summed E-state index contributed by atoms with van der Waals surface area (Å²) in [6.07, 6.45) is 0. The van der Waals surface area contributed by atoms with E-state index in [0.29, 0.717) is 55.8 Å². The number of carbonyl (C=O) groups excluding carboxylic acids is 2. The van der Waals surface area contributed by atoms with Gasteiger partial charge in [-0.25, -0.2) is 8.42 Å². The highest BCUT2D eigenvalue weighted by Crippen LogP contribution is 2.28. The Kier molecular flexibility index (Phi) is 5.79. The number of halogens is 1. The number of hydrogen-bond acceptors (Lipinski definition) is 6. The fourth-order valence-electron chi connectivity index (χ4n) is 3.47. The molecule has 30 heavy (non-hydrogen) atoms. The number of nitrogens with zero attached hydrogens (tertiary/aromatic N) is 2. The first-order valence-corrected chi connectivity index (χ1v) is 11.3. The normalized spacial score (nSPS) is 17.6. The van der Waals surface area contributed by atoms with Gasteiger partial charge in [-0.1, -0.05) is 23.7 Å². The van der Waals surface area contributed by atoms with Gasteiger partial charge >= 0.3 is 0 Å². The molecule has 8 nitrogen and oxygen atoms in total. The molecule has 10 heteroatoms. The van der Waals surface area contributed by atoms with Gasteiger partial charge in [0.05, 0.1) is 21.2 Å². The minimum atomic E-state index is -3.75. The van der Waals surface area contributed by atoms with Gasteiger partial charge in [0.25, 0.3) is 11.7 Å². The molecule has 2 aliphatic heterocycles. The van der Waals surface area contributed by atoms with Crippen LogP contribution in [-0.2, 0) is 14.8 Å². The van der Waals surface area contributed by atoms with Gasteiger partial charge in [0.1, 0.15) is 12.4 Å². The van der Waals surface area contributed by atoms with Crippen LogP contribution in [0.3, 0.4) is 0 Å². The Morgan fingerprint density at radius 2 is 1.77 bits per heavy atom. The zero-order valence-corrected chi connectivity index (χ0v) is 17.6. The van der Waals surface area contributed by atoms with Crippen LogP contribution in [0.4, 0.5) is 5.69 Å². The van der Waals surface area contributed by atoms with Crippen LogP contribution in [0.15, 0.2) is 47.4 Å². The summed E-state index contributed by atoms with van der Waals surface area (Å²) >= 11 is 6.07. The number of amides is 1. The highest BCUT2D eigenvalue weighted by Gasteiger charge is 2.33. The molecule has 4 rings (SSSR count). The molecule has 0 aliphatic carbocycles. The number of anilines is 1. The van der Waals surface area contributed by atoms with Gasteiger partial charge in [0, 0.05) is 32.7 Å². The molecular weight excluding hydrogens is 430 g/mol. The lowest BCUT2D eigenvalue weighted by Gasteiger charge is -2.33. The second kappa shape index (κ2) is 8.35. The molecule has 0 spiro atoms. The van der Waals surface area contributed by atoms with Gasteiger partial charge in [0.2, 0.25) is 10.0 Å². The summed E-state index contributed by atoms with van der Waals surface area (Å²) in [4.78, 5) is 25.5. The number of nitrogens with one attached hydrogen (secondary N) is 1. The number of ether oxygens (including phenoxy) is 1. The largest absolute Gasteiger partial charge is 0.491 e. The minimum Gasteiger partial charge on any atom is -0.491 e. The van der Waals surface area contributed by atoms with E-state index in [1.165, 1.54) is 22.5 Å². The molecule has 2 aliphatic rings. The molecule has 1 amide bonds. The van der Waals surface area contributed by atoms with Crippen molar-refractivity contribution in [2.24, 2.45) is 0 Å². The SMILES string of the molecule is O=C1Nc2ccc(S(=O)(=O)N3CCN(CCOc4ccccc4Cl)CC3)cc2C1=O. The Morgan fingerprint density at radius 1 is 1.03 bits per heavy atom. The van der Waals surface area contributed by atoms with E-state index in [1.807, 2.05) is 12.1 Å². The van der Waals surface area contributed by atoms with E-state index in [0.717, 1.165) is 0 Å². The summed E-state index contributed by atoms with van der Waals surface area (Å²) in [5, 5.41) is 2.98. The first-order chi connectivity index (χ1) is 14.4. The van der Waals surface area contributed by atoms with E-state index in [-0.39, 0.29) is 10.5 Å². The molecule has 158 valence electrons. The van der Waals surface area contributed by atoms with E-state index in [4.69, 9.17) is 16.3 Å². The fourth-order valence-corrected chi connectivity index (χ4v) is 5.11. The molecule has 2 aromatic carbocycles. The number of benzene rings is 2. The monoisotopic (exact) mass is 449 g/mol. The Hall–Kier alpha value is -2.46. The Morgan fingerprint density at radius 3 is 2.50 bits per heavy atom. The third-order valence-corrected chi connectivity index (χ3v) is 7.37. The summed E-state index contributed by atoms with van der Waals surface area (Å²) in [6.45, 7) is 2.89. The van der Waals surface area contributed by atoms with Crippen LogP contribution < -0.4 is 10.1 Å². The van der Waals surface area contributed by atoms with Gasteiger partial charge in [-0.3, -0.25) is 14.5 Å². The summed E-state index contributed by atoms with van der Waals surface area (Å²) < 4.78 is 33.0. The third-order valence-electron chi connectivity index (χ3n) is 5.16. The maximum Gasteiger partial charge on any atom is 0.296 e. The summed E-state index contributed by atoms with van der Waals surface area (Å²) in [7, 11) is -3.75. The molecule has 0 bridgehead atoms. The van der Waals surface area contributed by atoms with Crippen molar-refractivity contribution in [1.82, 2.24) is 9.21 Å². The maximum atomic E-state index is 13.0. The first-order valence-electron chi connectivity index (χ1n) is 9.46. The predicted molar refractivity (Wildman–Crippen MR) is 112 cm³/mol. The van der Waals surface area contributed by atoms with Crippen LogP contribution in [-0.4, -0.2) is 68.6 Å². The maximum absolute atomic E-state index is 13.0. The Balaban J connectivity index is 1.34. The zero-order valence-electron chi connectivity index (χ0n) is 16.0. The van der Waals surface area contributed by atoms with Crippen LogP contribution in [0.1, 0.15) is 10.4 Å². The number of sulfonamides is 1. The molecular formula is C20H20ClN3O5S. The number of ketones is 1. The van der Waals surface area contributed by atoms with Gasteiger partial charge in [-0.05, 0) is 30.3 Å². The Bertz CT molecular complexity index is 1100. The number of carbonyl (C=O) groups is 2. The first kappa shape index (κ1) is 20.8. The number of piperazine rings is 1. The quantitative estimate of drug-likeness (QED) is 0.676. The molecule has 0 radical (unpaired) electrons. The number of Topliss-reactive ketones (excluding diaryl/α,β-unsaturated/α-hetero) is 1. The highest BCUT2D eigenvalue weighted by atomic mass is 35.5. The number of hydrogen-bond donors (Lipinski definition) is 1. The van der Waals surface area contributed by atoms with E-state index < -0.39 is 21.7 Å². The molecule has 2 heterocycles. The van der Waals surface area contributed by atoms with Crippen molar-refractivity contribution >= 4 is 39.0 Å². The third kappa shape index (κ3) is 4.06. The summed E-state index contributed by atoms with van der Waals surface area (Å²) in [5.41, 5.74) is 0.434. The molecule has 0 saturated carbocycles. The average molecular weight is 450 g/mol. The second-order valence-corrected chi connectivity index (χ2v) is 9.36. The lowest BCUT2D eigenvalue weighted by molar-refractivity contribution is -0.112. The van der Waals surface area contributed by atoms with E-state index in [9.17, 15) is 18.0 Å². The highest BCUT2D eigenvalue weighted by molar-refractivity contribution is 7.89. The summed E-state index contributed by atoms with van der Waals surface area (Å²) in [5.74, 6) is -0.836. The molecule has 0 atom stereocenters. The minimum absolute atomic E-state index is 0.0154. The van der Waals surface area contributed by atoms with E-state index in [2.05, 4.69) is 10.2 Å². The molecule has 1 N–H and O–H groups in total. The Labute approximate surface area is 179 Å². The van der Waals surface area contributed by atoms with Crippen LogP contribution >= 0.6 is 11.6 Å². The molecule has 0 aromatic heterocycles. The van der Waals surface area contributed by atoms with Crippen molar-refractivity contribution < 1.29 is 22.7 Å². The standard InChI is InChI=1S/C20H20ClN3O5S/c21-16-3-1-2-4-18(16)29-12-11-23-7-9-24(10-8-23)30(27,28)14-5-6-17-15(13-14)19(25)20(26)22-17/h1-6,13H,7-12H2,(H,22,25,26). The predicted octanol–water partition coefficient (Wildman–Crippen LogP) is 1.86. The fraction of sp³-hybridized carbons (Fsp3) is 0.300. The van der Waals surface area contributed by atoms with Crippen molar-refractivity contribution in [1.29, 1.82) is 0 Å². The smallest absolute Gasteiger partial charge is 0.296 e. The van der Waals surface area contributed by atoms with Crippen LogP contribution in [0.25, 0.3) is 0 Å². The summed E-state index contributed by atoms with van der Waals surface area (Å²) in [6, 6.07) is 11.4. The molecule has 2 aromatic rings. The molecule has 1 saturated heterocycles. The van der Waals surface area contributed by atoms with Gasteiger partial charge < -0.3 is 10.1 Å². The average Bonchev–Trinajstić information content (AvgIpc) is 3.03. The van der Waals surface area contributed by atoms with Crippen LogP contribution in [0.5, 0.6) is 5.75 Å².